The molecule has 0 aliphatic carbocycles. The summed E-state index contributed by atoms with van der Waals surface area (Å²) in [7, 11) is 1.92. The minimum atomic E-state index is -0.0188. The van der Waals surface area contributed by atoms with Crippen molar-refractivity contribution in [3.05, 3.63) is 96.3 Å². The second kappa shape index (κ2) is 10.2. The van der Waals surface area contributed by atoms with Crippen molar-refractivity contribution < 1.29 is 4.79 Å². The minimum Gasteiger partial charge on any atom is -0.378 e. The molecule has 0 saturated carbocycles. The number of hydrogen-bond acceptors (Lipinski definition) is 5. The minimum absolute atomic E-state index is 0.0188. The number of nitrogens with zero attached hydrogens (tertiary/aromatic N) is 4. The normalized spacial score (nSPS) is 10.7. The summed E-state index contributed by atoms with van der Waals surface area (Å²) in [6.45, 7) is 2.62. The van der Waals surface area contributed by atoms with Crippen LogP contribution in [0.2, 0.25) is 0 Å². The van der Waals surface area contributed by atoms with Crippen LogP contribution in [0.15, 0.2) is 90.1 Å². The van der Waals surface area contributed by atoms with Crippen molar-refractivity contribution in [2.75, 3.05) is 16.0 Å². The van der Waals surface area contributed by atoms with Crippen LogP contribution in [0.25, 0.3) is 0 Å². The van der Waals surface area contributed by atoms with Gasteiger partial charge in [-0.15, -0.1) is 10.2 Å². The molecular formula is C25H25N5OS. The van der Waals surface area contributed by atoms with Crippen molar-refractivity contribution in [3.8, 4) is 0 Å². The summed E-state index contributed by atoms with van der Waals surface area (Å²) in [4.78, 5) is 14.9. The van der Waals surface area contributed by atoms with Crippen molar-refractivity contribution in [3.63, 3.8) is 0 Å². The molecule has 3 aromatic carbocycles. The van der Waals surface area contributed by atoms with Crippen LogP contribution in [0.5, 0.6) is 0 Å². The molecular weight excluding hydrogens is 418 g/mol. The quantitative estimate of drug-likeness (QED) is 0.380. The van der Waals surface area contributed by atoms with E-state index < -0.39 is 0 Å². The smallest absolute Gasteiger partial charge is 0.242 e. The molecule has 0 spiro atoms. The Bertz CT molecular complexity index is 1120. The topological polar surface area (TPSA) is 63.1 Å². The van der Waals surface area contributed by atoms with E-state index in [0.29, 0.717) is 11.7 Å². The summed E-state index contributed by atoms with van der Waals surface area (Å²) < 4.78 is 1.93. The molecule has 1 amide bonds. The number of para-hydroxylation sites is 2. The first-order chi connectivity index (χ1) is 15.6. The average Bonchev–Trinajstić information content (AvgIpc) is 3.18. The zero-order valence-electron chi connectivity index (χ0n) is 18.1. The maximum Gasteiger partial charge on any atom is 0.242 e. The number of hydrogen-bond donors (Lipinski definition) is 1. The number of amides is 1. The molecule has 0 atom stereocenters. The van der Waals surface area contributed by atoms with Crippen LogP contribution in [0, 0.1) is 6.92 Å². The highest BCUT2D eigenvalue weighted by molar-refractivity contribution is 7.99. The van der Waals surface area contributed by atoms with Gasteiger partial charge in [0, 0.05) is 24.1 Å². The van der Waals surface area contributed by atoms with E-state index in [2.05, 4.69) is 34.6 Å². The lowest BCUT2D eigenvalue weighted by atomic mass is 10.2. The number of rotatable bonds is 8. The van der Waals surface area contributed by atoms with E-state index >= 15 is 0 Å². The van der Waals surface area contributed by atoms with Crippen LogP contribution < -0.4 is 10.2 Å². The Kier molecular flexibility index (Phi) is 6.87. The van der Waals surface area contributed by atoms with Gasteiger partial charge in [-0.1, -0.05) is 65.9 Å². The van der Waals surface area contributed by atoms with Crippen molar-refractivity contribution >= 4 is 34.7 Å². The summed E-state index contributed by atoms with van der Waals surface area (Å²) in [6, 6.07) is 27.6. The molecule has 1 N–H and O–H groups in total. The number of aromatic nitrogens is 3. The van der Waals surface area contributed by atoms with E-state index in [1.807, 2.05) is 84.4 Å². The molecule has 162 valence electrons. The number of anilines is 3. The SMILES string of the molecule is Cc1ccc(NCc2nnc(SCC(=O)N(c3ccccc3)c3ccccc3)n2C)cc1. The predicted octanol–water partition coefficient (Wildman–Crippen LogP) is 5.19. The zero-order valence-corrected chi connectivity index (χ0v) is 18.9. The van der Waals surface area contributed by atoms with Gasteiger partial charge in [0.25, 0.3) is 0 Å². The van der Waals surface area contributed by atoms with Gasteiger partial charge in [0.05, 0.1) is 12.3 Å². The molecule has 1 aromatic heterocycles. The Morgan fingerprint density at radius 1 is 0.906 bits per heavy atom. The van der Waals surface area contributed by atoms with Gasteiger partial charge in [0.1, 0.15) is 0 Å². The maximum atomic E-state index is 13.2. The standard InChI is InChI=1S/C25H25N5OS/c1-19-13-15-20(16-14-19)26-17-23-27-28-25(29(23)2)32-18-24(31)30(21-9-5-3-6-10-21)22-11-7-4-8-12-22/h3-16,26H,17-18H2,1-2H3. The Labute approximate surface area is 192 Å². The number of carbonyl (C=O) groups is 1. The molecule has 0 bridgehead atoms. The van der Waals surface area contributed by atoms with Gasteiger partial charge in [-0.3, -0.25) is 9.69 Å². The molecule has 32 heavy (non-hydrogen) atoms. The Balaban J connectivity index is 1.43. The molecule has 0 unspecified atom stereocenters. The first-order valence-corrected chi connectivity index (χ1v) is 11.3. The van der Waals surface area contributed by atoms with Crippen LogP contribution in [0.3, 0.4) is 0 Å². The van der Waals surface area contributed by atoms with Gasteiger partial charge >= 0.3 is 0 Å². The van der Waals surface area contributed by atoms with E-state index in [-0.39, 0.29) is 11.7 Å². The lowest BCUT2D eigenvalue weighted by molar-refractivity contribution is -0.115. The second-order valence-electron chi connectivity index (χ2n) is 7.37. The molecule has 0 aliphatic rings. The van der Waals surface area contributed by atoms with E-state index in [0.717, 1.165) is 22.9 Å². The van der Waals surface area contributed by atoms with Crippen LogP contribution in [-0.4, -0.2) is 26.4 Å². The van der Waals surface area contributed by atoms with E-state index in [1.165, 1.54) is 17.3 Å². The van der Waals surface area contributed by atoms with Crippen molar-refractivity contribution in [2.45, 2.75) is 18.6 Å². The molecule has 4 aromatic rings. The van der Waals surface area contributed by atoms with Crippen LogP contribution in [0.4, 0.5) is 17.1 Å². The van der Waals surface area contributed by atoms with Crippen molar-refractivity contribution in [1.82, 2.24) is 14.8 Å². The van der Waals surface area contributed by atoms with Gasteiger partial charge in [-0.2, -0.15) is 0 Å². The van der Waals surface area contributed by atoms with Gasteiger partial charge in [-0.05, 0) is 43.3 Å². The summed E-state index contributed by atoms with van der Waals surface area (Å²) in [5, 5.41) is 12.6. The highest BCUT2D eigenvalue weighted by Crippen LogP contribution is 2.27. The number of thioether (sulfide) groups is 1. The number of carbonyl (C=O) groups excluding carboxylic acids is 1. The van der Waals surface area contributed by atoms with Gasteiger partial charge in [0.15, 0.2) is 11.0 Å². The van der Waals surface area contributed by atoms with Gasteiger partial charge < -0.3 is 9.88 Å². The molecule has 0 fully saturated rings. The predicted molar refractivity (Wildman–Crippen MR) is 130 cm³/mol. The third-order valence-electron chi connectivity index (χ3n) is 5.03. The Morgan fingerprint density at radius 3 is 2.09 bits per heavy atom. The lowest BCUT2D eigenvalue weighted by Crippen LogP contribution is -2.27. The molecule has 6 nitrogen and oxygen atoms in total. The van der Waals surface area contributed by atoms with Crippen molar-refractivity contribution in [2.24, 2.45) is 7.05 Å². The lowest BCUT2D eigenvalue weighted by Gasteiger charge is -2.22. The fourth-order valence-electron chi connectivity index (χ4n) is 3.26. The summed E-state index contributed by atoms with van der Waals surface area (Å²) in [6.07, 6.45) is 0. The Hall–Kier alpha value is -3.58. The molecule has 0 aliphatic heterocycles. The maximum absolute atomic E-state index is 13.2. The molecule has 0 saturated heterocycles. The van der Waals surface area contributed by atoms with E-state index in [9.17, 15) is 4.79 Å². The van der Waals surface area contributed by atoms with Gasteiger partial charge in [0.2, 0.25) is 5.91 Å². The van der Waals surface area contributed by atoms with Crippen LogP contribution in [0.1, 0.15) is 11.4 Å². The first-order valence-electron chi connectivity index (χ1n) is 10.4. The Morgan fingerprint density at radius 2 is 1.50 bits per heavy atom. The molecule has 4 rings (SSSR count). The third-order valence-corrected chi connectivity index (χ3v) is 6.04. The third kappa shape index (κ3) is 5.18. The number of nitrogens with one attached hydrogen (secondary N) is 1. The number of aryl methyl sites for hydroxylation is 1. The molecule has 7 heteroatoms. The van der Waals surface area contributed by atoms with E-state index in [1.54, 1.807) is 4.90 Å². The monoisotopic (exact) mass is 443 g/mol. The fraction of sp³-hybridized carbons (Fsp3) is 0.160. The summed E-state index contributed by atoms with van der Waals surface area (Å²) >= 11 is 1.39. The zero-order chi connectivity index (χ0) is 22.3. The summed E-state index contributed by atoms with van der Waals surface area (Å²) in [5.41, 5.74) is 3.93. The number of benzene rings is 3. The molecule has 1 heterocycles. The van der Waals surface area contributed by atoms with Gasteiger partial charge in [-0.25, -0.2) is 0 Å². The largest absolute Gasteiger partial charge is 0.378 e. The first kappa shape index (κ1) is 21.6. The molecule has 0 radical (unpaired) electrons. The highest BCUT2D eigenvalue weighted by atomic mass is 32.2. The second-order valence-corrected chi connectivity index (χ2v) is 8.31. The van der Waals surface area contributed by atoms with Crippen molar-refractivity contribution in [1.29, 1.82) is 0 Å². The highest BCUT2D eigenvalue weighted by Gasteiger charge is 2.19. The van der Waals surface area contributed by atoms with Crippen LogP contribution >= 0.6 is 11.8 Å². The average molecular weight is 444 g/mol. The van der Waals surface area contributed by atoms with E-state index in [4.69, 9.17) is 0 Å². The van der Waals surface area contributed by atoms with Crippen LogP contribution in [-0.2, 0) is 18.4 Å². The summed E-state index contributed by atoms with van der Waals surface area (Å²) in [5.74, 6) is 1.04. The fourth-order valence-corrected chi connectivity index (χ4v) is 4.04.